The summed E-state index contributed by atoms with van der Waals surface area (Å²) in [5.74, 6) is -0.460. The molecule has 0 fully saturated rings. The number of amides is 1. The Balaban J connectivity index is 1.92. The monoisotopic (exact) mass is 286 g/mol. The van der Waals surface area contributed by atoms with Gasteiger partial charge in [-0.2, -0.15) is 0 Å². The lowest BCUT2D eigenvalue weighted by Crippen LogP contribution is -2.29. The van der Waals surface area contributed by atoms with Crippen molar-refractivity contribution in [1.82, 2.24) is 5.32 Å². The Kier molecular flexibility index (Phi) is 5.06. The number of halogens is 1. The number of hydrogen-bond donors (Lipinski definition) is 2. The van der Waals surface area contributed by atoms with Gasteiger partial charge in [0.2, 0.25) is 5.91 Å². The van der Waals surface area contributed by atoms with Crippen molar-refractivity contribution in [3.8, 4) is 0 Å². The van der Waals surface area contributed by atoms with Crippen LogP contribution in [0.1, 0.15) is 36.6 Å². The predicted molar refractivity (Wildman–Crippen MR) is 80.9 cm³/mol. The van der Waals surface area contributed by atoms with E-state index in [4.69, 9.17) is 5.73 Å². The molecule has 1 unspecified atom stereocenters. The zero-order chi connectivity index (χ0) is 15.2. The van der Waals surface area contributed by atoms with Crippen LogP contribution in [-0.2, 0) is 4.79 Å². The van der Waals surface area contributed by atoms with E-state index in [-0.39, 0.29) is 30.2 Å². The van der Waals surface area contributed by atoms with Crippen LogP contribution in [0.3, 0.4) is 0 Å². The second-order valence-corrected chi connectivity index (χ2v) is 5.07. The first-order chi connectivity index (χ1) is 10.1. The molecule has 0 aliphatic carbocycles. The maximum atomic E-state index is 13.2. The minimum Gasteiger partial charge on any atom is -0.350 e. The van der Waals surface area contributed by atoms with Crippen molar-refractivity contribution in [3.05, 3.63) is 71.5 Å². The van der Waals surface area contributed by atoms with Crippen molar-refractivity contribution in [3.63, 3.8) is 0 Å². The smallest absolute Gasteiger partial charge is 0.222 e. The summed E-state index contributed by atoms with van der Waals surface area (Å²) in [5.41, 5.74) is 7.67. The first-order valence-electron chi connectivity index (χ1n) is 6.91. The largest absolute Gasteiger partial charge is 0.350 e. The van der Waals surface area contributed by atoms with Gasteiger partial charge in [-0.1, -0.05) is 42.5 Å². The summed E-state index contributed by atoms with van der Waals surface area (Å²) in [4.78, 5) is 12.0. The van der Waals surface area contributed by atoms with Gasteiger partial charge in [0.1, 0.15) is 5.82 Å². The molecule has 2 aromatic carbocycles. The van der Waals surface area contributed by atoms with Crippen LogP contribution in [0.2, 0.25) is 0 Å². The third kappa shape index (κ3) is 4.39. The van der Waals surface area contributed by atoms with E-state index in [1.165, 1.54) is 12.1 Å². The molecule has 0 aromatic heterocycles. The van der Waals surface area contributed by atoms with Gasteiger partial charge in [-0.25, -0.2) is 4.39 Å². The second kappa shape index (κ2) is 6.99. The Morgan fingerprint density at radius 2 is 1.81 bits per heavy atom. The first-order valence-corrected chi connectivity index (χ1v) is 6.91. The van der Waals surface area contributed by atoms with Gasteiger partial charge in [-0.3, -0.25) is 4.79 Å². The molecule has 110 valence electrons. The van der Waals surface area contributed by atoms with Crippen LogP contribution in [0.4, 0.5) is 4.39 Å². The van der Waals surface area contributed by atoms with E-state index in [1.807, 2.05) is 37.3 Å². The molecule has 0 saturated heterocycles. The number of benzene rings is 2. The number of nitrogens with two attached hydrogens (primary N) is 1. The molecule has 1 amide bonds. The van der Waals surface area contributed by atoms with E-state index >= 15 is 0 Å². The zero-order valence-electron chi connectivity index (χ0n) is 11.9. The normalized spacial score (nSPS) is 13.5. The van der Waals surface area contributed by atoms with Gasteiger partial charge >= 0.3 is 0 Å². The molecule has 0 spiro atoms. The summed E-state index contributed by atoms with van der Waals surface area (Å²) in [6, 6.07) is 15.1. The number of carbonyl (C=O) groups excluding carboxylic acids is 1. The fraction of sp³-hybridized carbons (Fsp3) is 0.235. The summed E-state index contributed by atoms with van der Waals surface area (Å²) in [7, 11) is 0. The van der Waals surface area contributed by atoms with Gasteiger partial charge in [0.25, 0.3) is 0 Å². The zero-order valence-corrected chi connectivity index (χ0v) is 11.9. The molecular weight excluding hydrogens is 267 g/mol. The van der Waals surface area contributed by atoms with Crippen LogP contribution in [-0.4, -0.2) is 5.91 Å². The Labute approximate surface area is 124 Å². The summed E-state index contributed by atoms with van der Waals surface area (Å²) in [6.07, 6.45) is 0.198. The number of hydrogen-bond acceptors (Lipinski definition) is 2. The van der Waals surface area contributed by atoms with Crippen molar-refractivity contribution in [2.75, 3.05) is 0 Å². The van der Waals surface area contributed by atoms with E-state index in [9.17, 15) is 9.18 Å². The second-order valence-electron chi connectivity index (χ2n) is 5.07. The average molecular weight is 286 g/mol. The molecule has 3 nitrogen and oxygen atoms in total. The number of nitrogens with one attached hydrogen (secondary N) is 1. The molecule has 0 heterocycles. The topological polar surface area (TPSA) is 55.1 Å². The van der Waals surface area contributed by atoms with Crippen molar-refractivity contribution in [2.45, 2.75) is 25.4 Å². The summed E-state index contributed by atoms with van der Waals surface area (Å²) in [6.45, 7) is 1.82. The molecule has 21 heavy (non-hydrogen) atoms. The molecule has 0 bridgehead atoms. The molecule has 2 atom stereocenters. The van der Waals surface area contributed by atoms with E-state index in [0.29, 0.717) is 0 Å². The van der Waals surface area contributed by atoms with Crippen LogP contribution >= 0.6 is 0 Å². The molecule has 0 saturated carbocycles. The fourth-order valence-electron chi connectivity index (χ4n) is 2.18. The van der Waals surface area contributed by atoms with Crippen LogP contribution in [0, 0.1) is 5.82 Å². The Hall–Kier alpha value is -2.20. The fourth-order valence-corrected chi connectivity index (χ4v) is 2.18. The molecular formula is C17H19FN2O. The van der Waals surface area contributed by atoms with Gasteiger partial charge in [-0.15, -0.1) is 0 Å². The van der Waals surface area contributed by atoms with Gasteiger partial charge in [0.15, 0.2) is 0 Å². The molecule has 4 heteroatoms. The van der Waals surface area contributed by atoms with Crippen molar-refractivity contribution in [1.29, 1.82) is 0 Å². The van der Waals surface area contributed by atoms with E-state index < -0.39 is 0 Å². The van der Waals surface area contributed by atoms with Gasteiger partial charge in [-0.05, 0) is 30.2 Å². The highest BCUT2D eigenvalue weighted by atomic mass is 19.1. The Morgan fingerprint density at radius 1 is 1.14 bits per heavy atom. The lowest BCUT2D eigenvalue weighted by atomic mass is 10.0. The summed E-state index contributed by atoms with van der Waals surface area (Å²) < 4.78 is 13.2. The number of rotatable bonds is 5. The summed E-state index contributed by atoms with van der Waals surface area (Å²) in [5, 5.41) is 2.84. The highest BCUT2D eigenvalue weighted by molar-refractivity contribution is 5.77. The molecule has 3 N–H and O–H groups in total. The van der Waals surface area contributed by atoms with E-state index in [0.717, 1.165) is 11.1 Å². The Morgan fingerprint density at radius 3 is 2.48 bits per heavy atom. The molecule has 0 aliphatic rings. The quantitative estimate of drug-likeness (QED) is 0.887. The maximum absolute atomic E-state index is 13.2. The van der Waals surface area contributed by atoms with Crippen molar-refractivity contribution in [2.24, 2.45) is 5.73 Å². The first kappa shape index (κ1) is 15.2. The van der Waals surface area contributed by atoms with Gasteiger partial charge in [0.05, 0.1) is 6.04 Å². The van der Waals surface area contributed by atoms with Crippen LogP contribution in [0.5, 0.6) is 0 Å². The predicted octanol–water partition coefficient (Wildman–Crippen LogP) is 3.09. The van der Waals surface area contributed by atoms with Crippen LogP contribution in [0.25, 0.3) is 0 Å². The minimum absolute atomic E-state index is 0.150. The average Bonchev–Trinajstić information content (AvgIpc) is 2.48. The van der Waals surface area contributed by atoms with E-state index in [1.54, 1.807) is 12.1 Å². The number of carbonyl (C=O) groups is 1. The molecule has 0 aliphatic heterocycles. The summed E-state index contributed by atoms with van der Waals surface area (Å²) >= 11 is 0. The lowest BCUT2D eigenvalue weighted by Gasteiger charge is -2.17. The van der Waals surface area contributed by atoms with Gasteiger partial charge in [0, 0.05) is 12.5 Å². The third-order valence-corrected chi connectivity index (χ3v) is 3.36. The minimum atomic E-state index is -0.342. The van der Waals surface area contributed by atoms with Crippen LogP contribution in [0.15, 0.2) is 54.6 Å². The Bertz CT molecular complexity index is 601. The standard InChI is InChI=1S/C17H19FN2O/c1-12(14-8-5-9-15(18)10-14)20-17(21)11-16(19)13-6-3-2-4-7-13/h2-10,12,16H,11,19H2,1H3,(H,20,21)/t12-,16?/m1/s1. The third-order valence-electron chi connectivity index (χ3n) is 3.36. The van der Waals surface area contributed by atoms with Crippen LogP contribution < -0.4 is 11.1 Å². The maximum Gasteiger partial charge on any atom is 0.222 e. The molecule has 2 rings (SSSR count). The van der Waals surface area contributed by atoms with Gasteiger partial charge < -0.3 is 11.1 Å². The van der Waals surface area contributed by atoms with Crippen molar-refractivity contribution >= 4 is 5.91 Å². The lowest BCUT2D eigenvalue weighted by molar-refractivity contribution is -0.122. The highest BCUT2D eigenvalue weighted by Crippen LogP contribution is 2.16. The van der Waals surface area contributed by atoms with Crippen molar-refractivity contribution < 1.29 is 9.18 Å². The highest BCUT2D eigenvalue weighted by Gasteiger charge is 2.14. The van der Waals surface area contributed by atoms with E-state index in [2.05, 4.69) is 5.32 Å². The molecule has 0 radical (unpaired) electrons. The molecule has 2 aromatic rings. The SMILES string of the molecule is C[C@@H](NC(=O)CC(N)c1ccccc1)c1cccc(F)c1.